The Morgan fingerprint density at radius 3 is 2.56 bits per heavy atom. The van der Waals surface area contributed by atoms with Crippen LogP contribution in [0.25, 0.3) is 10.8 Å². The van der Waals surface area contributed by atoms with Gasteiger partial charge < -0.3 is 10.1 Å². The number of rotatable bonds is 5. The second-order valence-corrected chi connectivity index (χ2v) is 7.06. The zero-order chi connectivity index (χ0) is 19.6. The molecule has 0 unspecified atom stereocenters. The molecule has 0 radical (unpaired) electrons. The number of ether oxygens (including phenoxy) is 1. The van der Waals surface area contributed by atoms with Crippen molar-refractivity contribution in [3.05, 3.63) is 74.2 Å². The fourth-order valence-corrected chi connectivity index (χ4v) is 3.10. The van der Waals surface area contributed by atoms with Crippen LogP contribution in [0.1, 0.15) is 11.1 Å². The van der Waals surface area contributed by atoms with Crippen LogP contribution in [0.4, 0.5) is 11.4 Å². The number of nitrogens with zero attached hydrogens (tertiary/aromatic N) is 1. The minimum Gasteiger partial charge on any atom is -0.484 e. The van der Waals surface area contributed by atoms with Gasteiger partial charge in [0.15, 0.2) is 6.61 Å². The number of carbonyl (C=O) groups excluding carboxylic acids is 1. The van der Waals surface area contributed by atoms with Crippen LogP contribution in [0.2, 0.25) is 0 Å². The van der Waals surface area contributed by atoms with Crippen molar-refractivity contribution >= 4 is 44.0 Å². The smallest absolute Gasteiger partial charge is 0.293 e. The Morgan fingerprint density at radius 1 is 1.11 bits per heavy atom. The number of hydrogen-bond acceptors (Lipinski definition) is 4. The van der Waals surface area contributed by atoms with Crippen LogP contribution >= 0.6 is 15.9 Å². The zero-order valence-electron chi connectivity index (χ0n) is 14.8. The number of nitrogens with one attached hydrogen (secondary N) is 1. The first-order valence-electron chi connectivity index (χ1n) is 8.21. The predicted octanol–water partition coefficient (Wildman–Crippen LogP) is 5.14. The summed E-state index contributed by atoms with van der Waals surface area (Å²) in [4.78, 5) is 23.0. The molecule has 0 saturated carbocycles. The van der Waals surface area contributed by atoms with Crippen LogP contribution in [0, 0.1) is 24.0 Å². The van der Waals surface area contributed by atoms with E-state index < -0.39 is 10.8 Å². The highest BCUT2D eigenvalue weighted by atomic mass is 79.9. The number of aryl methyl sites for hydroxylation is 1. The van der Waals surface area contributed by atoms with E-state index in [9.17, 15) is 14.9 Å². The number of amides is 1. The van der Waals surface area contributed by atoms with E-state index in [0.717, 1.165) is 20.8 Å². The van der Waals surface area contributed by atoms with Crippen LogP contribution in [0.3, 0.4) is 0 Å². The summed E-state index contributed by atoms with van der Waals surface area (Å²) < 4.78 is 6.54. The summed E-state index contributed by atoms with van der Waals surface area (Å²) in [7, 11) is 0. The van der Waals surface area contributed by atoms with Crippen molar-refractivity contribution in [3.63, 3.8) is 0 Å². The van der Waals surface area contributed by atoms with Gasteiger partial charge in [-0.3, -0.25) is 14.9 Å². The number of nitro benzene ring substituents is 1. The van der Waals surface area contributed by atoms with E-state index in [4.69, 9.17) is 4.74 Å². The van der Waals surface area contributed by atoms with Gasteiger partial charge in [0, 0.05) is 10.5 Å². The van der Waals surface area contributed by atoms with Crippen molar-refractivity contribution in [3.8, 4) is 5.75 Å². The third-order valence-corrected chi connectivity index (χ3v) is 4.81. The molecule has 3 aromatic rings. The van der Waals surface area contributed by atoms with E-state index in [0.29, 0.717) is 11.3 Å². The lowest BCUT2D eigenvalue weighted by molar-refractivity contribution is -0.384. The molecule has 0 bridgehead atoms. The second-order valence-electron chi connectivity index (χ2n) is 6.15. The largest absolute Gasteiger partial charge is 0.484 e. The Balaban J connectivity index is 1.73. The fourth-order valence-electron chi connectivity index (χ4n) is 2.72. The Morgan fingerprint density at radius 2 is 1.81 bits per heavy atom. The Kier molecular flexibility index (Phi) is 5.41. The third kappa shape index (κ3) is 4.25. The van der Waals surface area contributed by atoms with Crippen molar-refractivity contribution in [1.29, 1.82) is 0 Å². The highest BCUT2D eigenvalue weighted by molar-refractivity contribution is 9.10. The molecule has 0 fully saturated rings. The molecule has 3 aromatic carbocycles. The van der Waals surface area contributed by atoms with Gasteiger partial charge in [-0.05, 0) is 60.0 Å². The van der Waals surface area contributed by atoms with Crippen LogP contribution in [0.5, 0.6) is 5.75 Å². The van der Waals surface area contributed by atoms with Crippen LogP contribution in [-0.2, 0) is 4.79 Å². The lowest BCUT2D eigenvalue weighted by atomic mass is 10.1. The molecule has 6 nitrogen and oxygen atoms in total. The maximum absolute atomic E-state index is 12.3. The van der Waals surface area contributed by atoms with Gasteiger partial charge in [-0.15, -0.1) is 0 Å². The van der Waals surface area contributed by atoms with Gasteiger partial charge in [-0.2, -0.15) is 0 Å². The molecule has 1 amide bonds. The van der Waals surface area contributed by atoms with Gasteiger partial charge >= 0.3 is 0 Å². The molecule has 0 aromatic heterocycles. The summed E-state index contributed by atoms with van der Waals surface area (Å²) in [5, 5.41) is 15.9. The lowest BCUT2D eigenvalue weighted by Gasteiger charge is -2.12. The van der Waals surface area contributed by atoms with E-state index in [1.807, 2.05) is 37.3 Å². The summed E-state index contributed by atoms with van der Waals surface area (Å²) in [6, 6.07) is 14.4. The predicted molar refractivity (Wildman–Crippen MR) is 108 cm³/mol. The molecule has 7 heteroatoms. The first-order valence-corrected chi connectivity index (χ1v) is 9.01. The molecule has 1 N–H and O–H groups in total. The van der Waals surface area contributed by atoms with Crippen LogP contribution in [0.15, 0.2) is 53.0 Å². The van der Waals surface area contributed by atoms with E-state index in [-0.39, 0.29) is 18.0 Å². The number of nitro groups is 1. The van der Waals surface area contributed by atoms with E-state index in [1.54, 1.807) is 19.1 Å². The van der Waals surface area contributed by atoms with Crippen molar-refractivity contribution in [2.75, 3.05) is 11.9 Å². The number of benzene rings is 3. The maximum Gasteiger partial charge on any atom is 0.293 e. The SMILES string of the molecule is Cc1ccc([N+](=O)[O-])c(NC(=O)COc2ccc3cc(Br)ccc3c2)c1C. The standard InChI is InChI=1S/C20H17BrN2O4/c1-12-3-8-18(23(25)26)20(13(12)2)22-19(24)11-27-17-7-5-14-9-16(21)6-4-15(14)10-17/h3-10H,11H2,1-2H3,(H,22,24). The summed E-state index contributed by atoms with van der Waals surface area (Å²) >= 11 is 3.43. The van der Waals surface area contributed by atoms with Gasteiger partial charge in [-0.1, -0.05) is 34.1 Å². The molecule has 0 aliphatic rings. The summed E-state index contributed by atoms with van der Waals surface area (Å²) in [6.45, 7) is 3.32. The van der Waals surface area contributed by atoms with E-state index >= 15 is 0 Å². The third-order valence-electron chi connectivity index (χ3n) is 4.32. The van der Waals surface area contributed by atoms with E-state index in [2.05, 4.69) is 21.2 Å². The number of fused-ring (bicyclic) bond motifs is 1. The average Bonchev–Trinajstić information content (AvgIpc) is 2.63. The Labute approximate surface area is 164 Å². The first-order chi connectivity index (χ1) is 12.8. The molecule has 0 aliphatic heterocycles. The number of halogens is 1. The van der Waals surface area contributed by atoms with Crippen LogP contribution < -0.4 is 10.1 Å². The minimum atomic E-state index is -0.510. The zero-order valence-corrected chi connectivity index (χ0v) is 16.4. The van der Waals surface area contributed by atoms with Gasteiger partial charge in [0.2, 0.25) is 0 Å². The quantitative estimate of drug-likeness (QED) is 0.450. The van der Waals surface area contributed by atoms with Gasteiger partial charge in [-0.25, -0.2) is 0 Å². The molecule has 0 heterocycles. The normalized spacial score (nSPS) is 10.6. The van der Waals surface area contributed by atoms with Crippen LogP contribution in [-0.4, -0.2) is 17.4 Å². The van der Waals surface area contributed by atoms with Crippen molar-refractivity contribution in [1.82, 2.24) is 0 Å². The number of carbonyl (C=O) groups is 1. The molecular formula is C20H17BrN2O4. The first kappa shape index (κ1) is 18.8. The molecule has 0 atom stereocenters. The molecule has 0 spiro atoms. The van der Waals surface area contributed by atoms with Gasteiger partial charge in [0.25, 0.3) is 11.6 Å². The van der Waals surface area contributed by atoms with Crippen molar-refractivity contribution in [2.45, 2.75) is 13.8 Å². The minimum absolute atomic E-state index is 0.136. The highest BCUT2D eigenvalue weighted by Gasteiger charge is 2.19. The molecule has 3 rings (SSSR count). The van der Waals surface area contributed by atoms with Gasteiger partial charge in [0.05, 0.1) is 4.92 Å². The molecule has 0 saturated heterocycles. The van der Waals surface area contributed by atoms with Crippen molar-refractivity contribution in [2.24, 2.45) is 0 Å². The Hall–Kier alpha value is -2.93. The van der Waals surface area contributed by atoms with Crippen molar-refractivity contribution < 1.29 is 14.5 Å². The highest BCUT2D eigenvalue weighted by Crippen LogP contribution is 2.30. The maximum atomic E-state index is 12.3. The fraction of sp³-hybridized carbons (Fsp3) is 0.150. The molecular weight excluding hydrogens is 412 g/mol. The topological polar surface area (TPSA) is 81.5 Å². The molecule has 138 valence electrons. The lowest BCUT2D eigenvalue weighted by Crippen LogP contribution is -2.21. The summed E-state index contributed by atoms with van der Waals surface area (Å²) in [5.74, 6) is 0.0955. The second kappa shape index (κ2) is 7.75. The molecule has 27 heavy (non-hydrogen) atoms. The monoisotopic (exact) mass is 428 g/mol. The number of anilines is 1. The Bertz CT molecular complexity index is 1050. The van der Waals surface area contributed by atoms with Gasteiger partial charge in [0.1, 0.15) is 11.4 Å². The molecule has 0 aliphatic carbocycles. The average molecular weight is 429 g/mol. The number of hydrogen-bond donors (Lipinski definition) is 1. The summed E-state index contributed by atoms with van der Waals surface area (Å²) in [6.07, 6.45) is 0. The summed E-state index contributed by atoms with van der Waals surface area (Å²) in [5.41, 5.74) is 1.59. The van der Waals surface area contributed by atoms with E-state index in [1.165, 1.54) is 6.07 Å².